The zero-order chi connectivity index (χ0) is 22.3. The number of hydrogen-bond donors (Lipinski definition) is 1. The molecular formula is C22H17BrN2O4S2. The van der Waals surface area contributed by atoms with Gasteiger partial charge in [0, 0.05) is 16.6 Å². The van der Waals surface area contributed by atoms with Crippen molar-refractivity contribution in [2.75, 3.05) is 11.4 Å². The Hall–Kier alpha value is -2.49. The second kappa shape index (κ2) is 8.57. The van der Waals surface area contributed by atoms with Crippen LogP contribution in [0, 0.1) is 6.92 Å². The van der Waals surface area contributed by atoms with Crippen molar-refractivity contribution < 1.29 is 19.5 Å². The highest BCUT2D eigenvalue weighted by molar-refractivity contribution is 9.10. The Labute approximate surface area is 197 Å². The molecule has 2 aliphatic heterocycles. The molecule has 158 valence electrons. The quantitative estimate of drug-likeness (QED) is 0.470. The van der Waals surface area contributed by atoms with Gasteiger partial charge in [0.15, 0.2) is 0 Å². The molecule has 0 bridgehead atoms. The first-order valence-electron chi connectivity index (χ1n) is 9.43. The molecule has 2 amide bonds. The van der Waals surface area contributed by atoms with Crippen LogP contribution in [0.3, 0.4) is 0 Å². The lowest BCUT2D eigenvalue weighted by atomic mass is 10.1. The van der Waals surface area contributed by atoms with Gasteiger partial charge in [-0.2, -0.15) is 0 Å². The minimum Gasteiger partial charge on any atom is -0.481 e. The minimum atomic E-state index is -1.02. The summed E-state index contributed by atoms with van der Waals surface area (Å²) in [4.78, 5) is 40.6. The number of benzene rings is 2. The van der Waals surface area contributed by atoms with Gasteiger partial charge in [-0.1, -0.05) is 69.7 Å². The Balaban J connectivity index is 1.75. The average Bonchev–Trinajstić information content (AvgIpc) is 3.14. The Morgan fingerprint density at radius 3 is 2.48 bits per heavy atom. The van der Waals surface area contributed by atoms with Gasteiger partial charge in [-0.15, -0.1) is 0 Å². The van der Waals surface area contributed by atoms with Crippen molar-refractivity contribution in [2.24, 2.45) is 0 Å². The fourth-order valence-corrected chi connectivity index (χ4v) is 5.25. The Morgan fingerprint density at radius 2 is 1.81 bits per heavy atom. The molecule has 1 fully saturated rings. The first-order valence-corrected chi connectivity index (χ1v) is 11.4. The lowest BCUT2D eigenvalue weighted by Gasteiger charge is -2.17. The van der Waals surface area contributed by atoms with Crippen molar-refractivity contribution >= 4 is 73.3 Å². The molecule has 0 spiro atoms. The maximum absolute atomic E-state index is 13.5. The highest BCUT2D eigenvalue weighted by Gasteiger charge is 2.42. The zero-order valence-corrected chi connectivity index (χ0v) is 19.6. The van der Waals surface area contributed by atoms with Crippen molar-refractivity contribution in [1.29, 1.82) is 0 Å². The second-order valence-corrected chi connectivity index (χ2v) is 9.77. The fourth-order valence-electron chi connectivity index (χ4n) is 3.51. The molecule has 0 unspecified atom stereocenters. The van der Waals surface area contributed by atoms with Crippen LogP contribution in [0.2, 0.25) is 0 Å². The van der Waals surface area contributed by atoms with E-state index >= 15 is 0 Å². The number of fused-ring (bicyclic) bond motifs is 1. The van der Waals surface area contributed by atoms with Gasteiger partial charge in [-0.05, 0) is 30.7 Å². The van der Waals surface area contributed by atoms with Crippen LogP contribution in [0.25, 0.3) is 5.57 Å². The van der Waals surface area contributed by atoms with E-state index in [4.69, 9.17) is 17.3 Å². The van der Waals surface area contributed by atoms with E-state index in [1.807, 2.05) is 49.4 Å². The standard InChI is InChI=1S/C22H17BrN2O4S2/c1-12-2-4-13(5-3-12)11-25-16-7-6-14(23)10-15(16)18(20(25)28)19-21(29)24(22(30)31-19)9-8-17(26)27/h2-7,10H,8-9,11H2,1H3,(H,26,27). The number of carboxylic acid groups (broad SMARTS) is 1. The lowest BCUT2D eigenvalue weighted by Crippen LogP contribution is -2.31. The number of aryl methyl sites for hydroxylation is 1. The van der Waals surface area contributed by atoms with Gasteiger partial charge >= 0.3 is 5.97 Å². The molecule has 2 aromatic rings. The number of thioether (sulfide) groups is 1. The third kappa shape index (κ3) is 4.17. The predicted molar refractivity (Wildman–Crippen MR) is 128 cm³/mol. The summed E-state index contributed by atoms with van der Waals surface area (Å²) in [7, 11) is 0. The number of amides is 2. The molecule has 1 N–H and O–H groups in total. The van der Waals surface area contributed by atoms with Gasteiger partial charge in [-0.25, -0.2) is 0 Å². The molecule has 0 radical (unpaired) electrons. The summed E-state index contributed by atoms with van der Waals surface area (Å²) in [6, 6.07) is 13.5. The van der Waals surface area contributed by atoms with Crippen LogP contribution in [0.4, 0.5) is 5.69 Å². The number of halogens is 1. The SMILES string of the molecule is Cc1ccc(CN2C(=O)C(=C3SC(=S)N(CCC(=O)O)C3=O)c3cc(Br)ccc32)cc1. The molecule has 2 aliphatic rings. The van der Waals surface area contributed by atoms with Gasteiger partial charge in [0.05, 0.1) is 29.1 Å². The van der Waals surface area contributed by atoms with E-state index in [0.29, 0.717) is 17.7 Å². The van der Waals surface area contributed by atoms with E-state index in [2.05, 4.69) is 15.9 Å². The molecule has 0 saturated carbocycles. The molecule has 0 atom stereocenters. The molecule has 2 heterocycles. The van der Waals surface area contributed by atoms with Crippen molar-refractivity contribution in [2.45, 2.75) is 19.9 Å². The number of anilines is 1. The largest absolute Gasteiger partial charge is 0.481 e. The second-order valence-electron chi connectivity index (χ2n) is 7.21. The third-order valence-corrected chi connectivity index (χ3v) is 7.01. The first-order chi connectivity index (χ1) is 14.8. The summed E-state index contributed by atoms with van der Waals surface area (Å²) < 4.78 is 1.05. The molecule has 0 aromatic heterocycles. The normalized spacial score (nSPS) is 18.2. The van der Waals surface area contributed by atoms with E-state index in [1.54, 1.807) is 4.90 Å². The summed E-state index contributed by atoms with van der Waals surface area (Å²) in [6.07, 6.45) is -0.218. The topological polar surface area (TPSA) is 77.9 Å². The Morgan fingerprint density at radius 1 is 1.10 bits per heavy atom. The number of carboxylic acids is 1. The maximum Gasteiger partial charge on any atom is 0.305 e. The van der Waals surface area contributed by atoms with E-state index in [1.165, 1.54) is 4.90 Å². The Bertz CT molecular complexity index is 1160. The highest BCUT2D eigenvalue weighted by Crippen LogP contribution is 2.45. The van der Waals surface area contributed by atoms with Gasteiger partial charge in [0.1, 0.15) is 4.32 Å². The van der Waals surface area contributed by atoms with Crippen molar-refractivity contribution in [3.05, 3.63) is 68.5 Å². The van der Waals surface area contributed by atoms with Gasteiger partial charge in [0.2, 0.25) is 0 Å². The summed E-state index contributed by atoms with van der Waals surface area (Å²) in [6.45, 7) is 2.35. The lowest BCUT2D eigenvalue weighted by molar-refractivity contribution is -0.137. The van der Waals surface area contributed by atoms with Crippen LogP contribution < -0.4 is 4.90 Å². The van der Waals surface area contributed by atoms with Crippen LogP contribution in [-0.4, -0.2) is 38.7 Å². The number of aliphatic carboxylic acids is 1. The van der Waals surface area contributed by atoms with Crippen LogP contribution >= 0.6 is 39.9 Å². The van der Waals surface area contributed by atoms with Crippen molar-refractivity contribution in [1.82, 2.24) is 4.90 Å². The summed E-state index contributed by atoms with van der Waals surface area (Å²) in [5.74, 6) is -1.72. The number of carbonyl (C=O) groups is 3. The minimum absolute atomic E-state index is 0.0244. The predicted octanol–water partition coefficient (Wildman–Crippen LogP) is 4.35. The van der Waals surface area contributed by atoms with Crippen LogP contribution in [0.1, 0.15) is 23.1 Å². The molecule has 31 heavy (non-hydrogen) atoms. The molecule has 2 aromatic carbocycles. The highest BCUT2D eigenvalue weighted by atomic mass is 79.9. The molecular weight excluding hydrogens is 500 g/mol. The number of carbonyl (C=O) groups excluding carboxylic acids is 2. The molecule has 6 nitrogen and oxygen atoms in total. The van der Waals surface area contributed by atoms with Crippen LogP contribution in [0.15, 0.2) is 51.8 Å². The number of thiocarbonyl (C=S) groups is 1. The smallest absolute Gasteiger partial charge is 0.305 e. The number of nitrogens with zero attached hydrogens (tertiary/aromatic N) is 2. The van der Waals surface area contributed by atoms with E-state index < -0.39 is 11.9 Å². The summed E-state index contributed by atoms with van der Waals surface area (Å²) in [5.41, 5.74) is 3.79. The molecule has 9 heteroatoms. The summed E-state index contributed by atoms with van der Waals surface area (Å²) >= 11 is 9.79. The molecule has 1 saturated heterocycles. The maximum atomic E-state index is 13.5. The number of hydrogen-bond acceptors (Lipinski definition) is 5. The monoisotopic (exact) mass is 516 g/mol. The van der Waals surface area contributed by atoms with E-state index in [9.17, 15) is 14.4 Å². The average molecular weight is 517 g/mol. The van der Waals surface area contributed by atoms with Crippen LogP contribution in [-0.2, 0) is 20.9 Å². The number of rotatable bonds is 5. The zero-order valence-electron chi connectivity index (χ0n) is 16.4. The van der Waals surface area contributed by atoms with E-state index in [-0.39, 0.29) is 28.1 Å². The van der Waals surface area contributed by atoms with Gasteiger partial charge < -0.3 is 10.0 Å². The van der Waals surface area contributed by atoms with Crippen molar-refractivity contribution in [3.63, 3.8) is 0 Å². The molecule has 4 rings (SSSR count). The third-order valence-electron chi connectivity index (χ3n) is 5.06. The Kier molecular flexibility index (Phi) is 6.00. The van der Waals surface area contributed by atoms with Crippen molar-refractivity contribution in [3.8, 4) is 0 Å². The van der Waals surface area contributed by atoms with E-state index in [0.717, 1.165) is 33.0 Å². The molecule has 0 aliphatic carbocycles. The van der Waals surface area contributed by atoms with Gasteiger partial charge in [-0.3, -0.25) is 19.3 Å². The van der Waals surface area contributed by atoms with Crippen LogP contribution in [0.5, 0.6) is 0 Å². The van der Waals surface area contributed by atoms with Gasteiger partial charge in [0.25, 0.3) is 11.8 Å². The first kappa shape index (κ1) is 21.7. The fraction of sp³-hybridized carbons (Fsp3) is 0.182. The summed E-state index contributed by atoms with van der Waals surface area (Å²) in [5, 5.41) is 8.95.